The fourth-order valence-corrected chi connectivity index (χ4v) is 3.96. The van der Waals surface area contributed by atoms with Gasteiger partial charge in [0.25, 0.3) is 11.8 Å². The molecule has 2 aliphatic rings. The average Bonchev–Trinajstić information content (AvgIpc) is 2.96. The van der Waals surface area contributed by atoms with E-state index < -0.39 is 35.8 Å². The molecular formula is C20H31N3O6. The van der Waals surface area contributed by atoms with Crippen molar-refractivity contribution in [3.05, 3.63) is 0 Å². The van der Waals surface area contributed by atoms with E-state index in [1.807, 2.05) is 0 Å². The minimum atomic E-state index is -1.08. The maximum Gasteiger partial charge on any atom is 0.354 e. The second kappa shape index (κ2) is 9.84. The van der Waals surface area contributed by atoms with Gasteiger partial charge in [0, 0.05) is 19.3 Å². The number of hydrogen-bond donors (Lipinski definition) is 2. The highest BCUT2D eigenvalue weighted by molar-refractivity contribution is 6.02. The highest BCUT2D eigenvalue weighted by Gasteiger charge is 2.35. The number of nitrogens with zero attached hydrogens (tertiary/aromatic N) is 1. The van der Waals surface area contributed by atoms with Gasteiger partial charge in [-0.1, -0.05) is 33.1 Å². The van der Waals surface area contributed by atoms with Gasteiger partial charge in [-0.25, -0.2) is 4.79 Å². The van der Waals surface area contributed by atoms with Crippen molar-refractivity contribution < 1.29 is 28.8 Å². The van der Waals surface area contributed by atoms with E-state index in [4.69, 9.17) is 4.84 Å². The Morgan fingerprint density at radius 2 is 1.55 bits per heavy atom. The first-order valence-corrected chi connectivity index (χ1v) is 10.3. The van der Waals surface area contributed by atoms with Gasteiger partial charge in [-0.15, -0.1) is 5.06 Å². The van der Waals surface area contributed by atoms with Gasteiger partial charge in [0.15, 0.2) is 0 Å². The first-order valence-electron chi connectivity index (χ1n) is 10.3. The van der Waals surface area contributed by atoms with Gasteiger partial charge in [0.2, 0.25) is 11.8 Å². The molecule has 0 aromatic rings. The largest absolute Gasteiger partial charge is 0.354 e. The van der Waals surface area contributed by atoms with Gasteiger partial charge < -0.3 is 15.5 Å². The summed E-state index contributed by atoms with van der Waals surface area (Å²) in [5.74, 6) is -1.61. The quantitative estimate of drug-likeness (QED) is 0.607. The number of rotatable bonds is 7. The van der Waals surface area contributed by atoms with Crippen molar-refractivity contribution >= 4 is 29.6 Å². The van der Waals surface area contributed by atoms with E-state index >= 15 is 0 Å². The van der Waals surface area contributed by atoms with Crippen LogP contribution in [0.3, 0.4) is 0 Å². The molecule has 1 heterocycles. The first-order chi connectivity index (χ1) is 13.6. The van der Waals surface area contributed by atoms with E-state index in [1.165, 1.54) is 20.3 Å². The van der Waals surface area contributed by atoms with Crippen LogP contribution in [0.4, 0.5) is 0 Å². The van der Waals surface area contributed by atoms with E-state index in [1.54, 1.807) is 0 Å². The molecule has 9 heteroatoms. The van der Waals surface area contributed by atoms with E-state index in [9.17, 15) is 24.0 Å². The molecule has 1 aliphatic heterocycles. The van der Waals surface area contributed by atoms with Gasteiger partial charge in [-0.2, -0.15) is 0 Å². The summed E-state index contributed by atoms with van der Waals surface area (Å²) in [5, 5.41) is 5.54. The Bertz CT molecular complexity index is 653. The molecule has 0 radical (unpaired) electrons. The molecule has 2 fully saturated rings. The lowest BCUT2D eigenvalue weighted by molar-refractivity contribution is -0.198. The molecule has 1 saturated carbocycles. The predicted octanol–water partition coefficient (Wildman–Crippen LogP) is 1.07. The zero-order valence-electron chi connectivity index (χ0n) is 17.5. The Kier molecular flexibility index (Phi) is 7.75. The molecule has 0 bridgehead atoms. The van der Waals surface area contributed by atoms with E-state index in [0.29, 0.717) is 29.2 Å². The molecule has 29 heavy (non-hydrogen) atoms. The van der Waals surface area contributed by atoms with Crippen molar-refractivity contribution in [3.8, 4) is 0 Å². The number of amides is 4. The van der Waals surface area contributed by atoms with Crippen LogP contribution >= 0.6 is 0 Å². The standard InChI is InChI=1S/C20H31N3O6/c1-11-6-5-7-12(2)15(11)10-16(24)21-13(3)19(27)22-14(4)20(28)29-23-17(25)8-9-18(23)26/h11-15H,5-10H2,1-4H3,(H,21,24)(H,22,27). The van der Waals surface area contributed by atoms with E-state index in [-0.39, 0.29) is 18.7 Å². The maximum atomic E-state index is 12.4. The topological polar surface area (TPSA) is 122 Å². The van der Waals surface area contributed by atoms with Crippen LogP contribution in [0.15, 0.2) is 0 Å². The summed E-state index contributed by atoms with van der Waals surface area (Å²) in [5.41, 5.74) is 0. The zero-order valence-corrected chi connectivity index (χ0v) is 17.5. The van der Waals surface area contributed by atoms with Gasteiger partial charge in [-0.05, 0) is 31.6 Å². The third-order valence-electron chi connectivity index (χ3n) is 5.87. The fourth-order valence-electron chi connectivity index (χ4n) is 3.96. The lowest BCUT2D eigenvalue weighted by Gasteiger charge is -2.34. The van der Waals surface area contributed by atoms with Crippen LogP contribution in [-0.2, 0) is 28.8 Å². The van der Waals surface area contributed by atoms with Crippen molar-refractivity contribution in [2.75, 3.05) is 0 Å². The number of imide groups is 1. The Labute approximate surface area is 170 Å². The molecule has 4 atom stereocenters. The molecule has 4 unspecified atom stereocenters. The Morgan fingerprint density at radius 1 is 1.00 bits per heavy atom. The third-order valence-corrected chi connectivity index (χ3v) is 5.87. The Balaban J connectivity index is 1.80. The lowest BCUT2D eigenvalue weighted by atomic mass is 9.72. The Hall–Kier alpha value is -2.45. The smallest absolute Gasteiger partial charge is 0.345 e. The summed E-state index contributed by atoms with van der Waals surface area (Å²) in [7, 11) is 0. The van der Waals surface area contributed by atoms with Crippen molar-refractivity contribution in [3.63, 3.8) is 0 Å². The second-order valence-corrected chi connectivity index (χ2v) is 8.27. The number of carbonyl (C=O) groups is 5. The van der Waals surface area contributed by atoms with Gasteiger partial charge in [0.1, 0.15) is 12.1 Å². The van der Waals surface area contributed by atoms with Crippen LogP contribution in [0, 0.1) is 17.8 Å². The number of carbonyl (C=O) groups excluding carboxylic acids is 5. The molecule has 0 aromatic carbocycles. The number of hydrogen-bond acceptors (Lipinski definition) is 6. The zero-order chi connectivity index (χ0) is 21.7. The molecule has 2 rings (SSSR count). The minimum Gasteiger partial charge on any atom is -0.345 e. The monoisotopic (exact) mass is 409 g/mol. The first kappa shape index (κ1) is 22.8. The van der Waals surface area contributed by atoms with Crippen LogP contribution in [0.5, 0.6) is 0 Å². The number of hydroxylamine groups is 2. The third kappa shape index (κ3) is 6.01. The average molecular weight is 409 g/mol. The molecule has 0 aromatic heterocycles. The molecule has 2 N–H and O–H groups in total. The summed E-state index contributed by atoms with van der Waals surface area (Å²) in [6, 6.07) is -1.91. The summed E-state index contributed by atoms with van der Waals surface area (Å²) in [6.45, 7) is 7.23. The molecule has 162 valence electrons. The summed E-state index contributed by atoms with van der Waals surface area (Å²) in [4.78, 5) is 64.5. The molecule has 0 spiro atoms. The van der Waals surface area contributed by atoms with Crippen LogP contribution in [0.2, 0.25) is 0 Å². The lowest BCUT2D eigenvalue weighted by Crippen LogP contribution is -2.51. The highest BCUT2D eigenvalue weighted by Crippen LogP contribution is 2.36. The van der Waals surface area contributed by atoms with Crippen LogP contribution in [0.1, 0.15) is 66.2 Å². The maximum absolute atomic E-state index is 12.4. The summed E-state index contributed by atoms with van der Waals surface area (Å²) in [6.07, 6.45) is 3.76. The SMILES string of the molecule is CC(NC(=O)CC1C(C)CCCC1C)C(=O)NC(C)C(=O)ON1C(=O)CCC1=O. The van der Waals surface area contributed by atoms with Crippen molar-refractivity contribution in [2.45, 2.75) is 78.3 Å². The van der Waals surface area contributed by atoms with Crippen LogP contribution in [-0.4, -0.2) is 46.7 Å². The molecular weight excluding hydrogens is 378 g/mol. The van der Waals surface area contributed by atoms with Crippen LogP contribution < -0.4 is 10.6 Å². The normalized spacial score (nSPS) is 26.6. The second-order valence-electron chi connectivity index (χ2n) is 8.27. The van der Waals surface area contributed by atoms with Crippen molar-refractivity contribution in [1.82, 2.24) is 15.7 Å². The summed E-state index contributed by atoms with van der Waals surface area (Å²) < 4.78 is 0. The van der Waals surface area contributed by atoms with Gasteiger partial charge in [0.05, 0.1) is 0 Å². The van der Waals surface area contributed by atoms with Crippen molar-refractivity contribution in [1.29, 1.82) is 0 Å². The molecule has 1 saturated heterocycles. The van der Waals surface area contributed by atoms with E-state index in [2.05, 4.69) is 24.5 Å². The Morgan fingerprint density at radius 3 is 2.10 bits per heavy atom. The van der Waals surface area contributed by atoms with Crippen LogP contribution in [0.25, 0.3) is 0 Å². The summed E-state index contributed by atoms with van der Waals surface area (Å²) >= 11 is 0. The van der Waals surface area contributed by atoms with Gasteiger partial charge >= 0.3 is 5.97 Å². The fraction of sp³-hybridized carbons (Fsp3) is 0.750. The van der Waals surface area contributed by atoms with Gasteiger partial charge in [-0.3, -0.25) is 19.2 Å². The molecule has 9 nitrogen and oxygen atoms in total. The predicted molar refractivity (Wildman–Crippen MR) is 103 cm³/mol. The molecule has 1 aliphatic carbocycles. The molecule has 4 amide bonds. The highest BCUT2D eigenvalue weighted by atomic mass is 16.7. The van der Waals surface area contributed by atoms with Crippen molar-refractivity contribution in [2.24, 2.45) is 17.8 Å². The minimum absolute atomic E-state index is 0.00581. The van der Waals surface area contributed by atoms with E-state index in [0.717, 1.165) is 12.8 Å². The number of nitrogens with one attached hydrogen (secondary N) is 2.